The Balaban J connectivity index is 2.11. The summed E-state index contributed by atoms with van der Waals surface area (Å²) in [6.45, 7) is 4.41. The molecule has 19 heavy (non-hydrogen) atoms. The molecule has 1 aliphatic rings. The van der Waals surface area contributed by atoms with Gasteiger partial charge in [-0.1, -0.05) is 6.07 Å². The van der Waals surface area contributed by atoms with Crippen LogP contribution in [0.4, 0.5) is 5.69 Å². The van der Waals surface area contributed by atoms with Crippen LogP contribution in [0.15, 0.2) is 18.2 Å². The van der Waals surface area contributed by atoms with Crippen LogP contribution in [0.2, 0.25) is 0 Å². The molecule has 2 rings (SSSR count). The maximum Gasteiger partial charge on any atom is 0.123 e. The SMILES string of the molecule is COCC1CCCN(c2ccc(C(C)O)c(O)c2)C1. The summed E-state index contributed by atoms with van der Waals surface area (Å²) in [5.41, 5.74) is 1.59. The number of phenols is 1. The minimum absolute atomic E-state index is 0.168. The Hall–Kier alpha value is -1.26. The molecule has 1 saturated heterocycles. The van der Waals surface area contributed by atoms with E-state index in [-0.39, 0.29) is 5.75 Å². The highest BCUT2D eigenvalue weighted by molar-refractivity contribution is 5.54. The molecule has 1 aromatic rings. The fourth-order valence-corrected chi connectivity index (χ4v) is 2.75. The van der Waals surface area contributed by atoms with Crippen molar-refractivity contribution in [2.24, 2.45) is 5.92 Å². The Morgan fingerprint density at radius 3 is 2.89 bits per heavy atom. The standard InChI is InChI=1S/C15H23NO3/c1-11(17)14-6-5-13(8-15(14)18)16-7-3-4-12(9-16)10-19-2/h5-6,8,11-12,17-18H,3-4,7,9-10H2,1-2H3. The molecule has 2 unspecified atom stereocenters. The van der Waals surface area contributed by atoms with E-state index in [1.54, 1.807) is 26.2 Å². The molecule has 0 spiro atoms. The van der Waals surface area contributed by atoms with Gasteiger partial charge in [0.25, 0.3) is 0 Å². The van der Waals surface area contributed by atoms with E-state index in [2.05, 4.69) is 4.90 Å². The van der Waals surface area contributed by atoms with Crippen LogP contribution in [0.25, 0.3) is 0 Å². The third-order valence-corrected chi connectivity index (χ3v) is 3.75. The lowest BCUT2D eigenvalue weighted by Crippen LogP contribution is -2.37. The normalized spacial score (nSPS) is 21.4. The fraction of sp³-hybridized carbons (Fsp3) is 0.600. The number of aliphatic hydroxyl groups excluding tert-OH is 1. The Kier molecular flexibility index (Phi) is 4.66. The van der Waals surface area contributed by atoms with Crippen molar-refractivity contribution in [2.45, 2.75) is 25.9 Å². The highest BCUT2D eigenvalue weighted by Crippen LogP contribution is 2.31. The highest BCUT2D eigenvalue weighted by atomic mass is 16.5. The second-order valence-electron chi connectivity index (χ2n) is 5.33. The lowest BCUT2D eigenvalue weighted by molar-refractivity contribution is 0.143. The molecule has 2 atom stereocenters. The van der Waals surface area contributed by atoms with E-state index in [0.717, 1.165) is 31.8 Å². The van der Waals surface area contributed by atoms with Crippen LogP contribution in [-0.4, -0.2) is 37.0 Å². The van der Waals surface area contributed by atoms with Crippen LogP contribution in [0.1, 0.15) is 31.4 Å². The second-order valence-corrected chi connectivity index (χ2v) is 5.33. The zero-order chi connectivity index (χ0) is 13.8. The number of phenolic OH excluding ortho intramolecular Hbond substituents is 1. The van der Waals surface area contributed by atoms with Gasteiger partial charge in [-0.2, -0.15) is 0 Å². The molecule has 1 heterocycles. The summed E-state index contributed by atoms with van der Waals surface area (Å²) in [6.07, 6.45) is 1.70. The van der Waals surface area contributed by atoms with E-state index in [1.165, 1.54) is 6.42 Å². The highest BCUT2D eigenvalue weighted by Gasteiger charge is 2.21. The van der Waals surface area contributed by atoms with Crippen molar-refractivity contribution in [2.75, 3.05) is 31.7 Å². The number of nitrogens with zero attached hydrogens (tertiary/aromatic N) is 1. The molecule has 0 aliphatic carbocycles. The molecule has 106 valence electrons. The van der Waals surface area contributed by atoms with E-state index in [9.17, 15) is 10.2 Å². The number of methoxy groups -OCH3 is 1. The number of hydrogen-bond acceptors (Lipinski definition) is 4. The van der Waals surface area contributed by atoms with Gasteiger partial charge in [-0.05, 0) is 31.7 Å². The third kappa shape index (κ3) is 3.39. The molecule has 1 fully saturated rings. The zero-order valence-corrected chi connectivity index (χ0v) is 11.7. The van der Waals surface area contributed by atoms with E-state index in [4.69, 9.17) is 4.74 Å². The predicted molar refractivity (Wildman–Crippen MR) is 75.6 cm³/mol. The average molecular weight is 265 g/mol. The molecular formula is C15H23NO3. The van der Waals surface area contributed by atoms with Gasteiger partial charge < -0.3 is 19.8 Å². The lowest BCUT2D eigenvalue weighted by Gasteiger charge is -2.34. The molecule has 1 aliphatic heterocycles. The molecule has 0 aromatic heterocycles. The number of rotatable bonds is 4. The summed E-state index contributed by atoms with van der Waals surface area (Å²) in [7, 11) is 1.74. The molecule has 4 nitrogen and oxygen atoms in total. The fourth-order valence-electron chi connectivity index (χ4n) is 2.75. The van der Waals surface area contributed by atoms with Crippen molar-refractivity contribution >= 4 is 5.69 Å². The van der Waals surface area contributed by atoms with E-state index >= 15 is 0 Å². The van der Waals surface area contributed by atoms with E-state index < -0.39 is 6.10 Å². The van der Waals surface area contributed by atoms with Crippen molar-refractivity contribution < 1.29 is 14.9 Å². The molecule has 0 amide bonds. The van der Waals surface area contributed by atoms with Crippen LogP contribution in [-0.2, 0) is 4.74 Å². The summed E-state index contributed by atoms with van der Waals surface area (Å²) in [6, 6.07) is 5.52. The number of anilines is 1. The lowest BCUT2D eigenvalue weighted by atomic mass is 9.98. The van der Waals surface area contributed by atoms with Crippen LogP contribution in [0.5, 0.6) is 5.75 Å². The van der Waals surface area contributed by atoms with Crippen LogP contribution >= 0.6 is 0 Å². The average Bonchev–Trinajstić information content (AvgIpc) is 2.39. The first-order valence-corrected chi connectivity index (χ1v) is 6.86. The molecular weight excluding hydrogens is 242 g/mol. The van der Waals surface area contributed by atoms with Gasteiger partial charge in [-0.15, -0.1) is 0 Å². The van der Waals surface area contributed by atoms with Gasteiger partial charge in [0.1, 0.15) is 5.75 Å². The van der Waals surface area contributed by atoms with Crippen molar-refractivity contribution in [3.05, 3.63) is 23.8 Å². The van der Waals surface area contributed by atoms with Crippen LogP contribution < -0.4 is 4.90 Å². The number of ether oxygens (including phenoxy) is 1. The summed E-state index contributed by atoms with van der Waals surface area (Å²) < 4.78 is 5.23. The maximum atomic E-state index is 9.95. The number of aromatic hydroxyl groups is 1. The summed E-state index contributed by atoms with van der Waals surface area (Å²) >= 11 is 0. The van der Waals surface area contributed by atoms with Crippen molar-refractivity contribution in [3.63, 3.8) is 0 Å². The first kappa shape index (κ1) is 14.2. The Bertz CT molecular complexity index is 418. The van der Waals surface area contributed by atoms with Gasteiger partial charge in [-0.25, -0.2) is 0 Å². The number of hydrogen-bond donors (Lipinski definition) is 2. The van der Waals surface area contributed by atoms with E-state index in [1.807, 2.05) is 6.07 Å². The van der Waals surface area contributed by atoms with Crippen molar-refractivity contribution in [1.29, 1.82) is 0 Å². The van der Waals surface area contributed by atoms with Gasteiger partial charge >= 0.3 is 0 Å². The van der Waals surface area contributed by atoms with Gasteiger partial charge in [-0.3, -0.25) is 0 Å². The molecule has 1 aromatic carbocycles. The summed E-state index contributed by atoms with van der Waals surface area (Å²) in [5, 5.41) is 19.5. The summed E-state index contributed by atoms with van der Waals surface area (Å²) in [5.74, 6) is 0.721. The molecule has 0 saturated carbocycles. The van der Waals surface area contributed by atoms with Gasteiger partial charge in [0, 0.05) is 37.5 Å². The largest absolute Gasteiger partial charge is 0.507 e. The van der Waals surface area contributed by atoms with Gasteiger partial charge in [0.2, 0.25) is 0 Å². The van der Waals surface area contributed by atoms with Crippen molar-refractivity contribution in [3.8, 4) is 5.75 Å². The number of piperidine rings is 1. The number of aliphatic hydroxyl groups is 1. The van der Waals surface area contributed by atoms with Gasteiger partial charge in [0.05, 0.1) is 12.7 Å². The van der Waals surface area contributed by atoms with Crippen molar-refractivity contribution in [1.82, 2.24) is 0 Å². The zero-order valence-electron chi connectivity index (χ0n) is 11.7. The second kappa shape index (κ2) is 6.26. The Morgan fingerprint density at radius 2 is 2.26 bits per heavy atom. The smallest absolute Gasteiger partial charge is 0.123 e. The molecule has 0 bridgehead atoms. The Morgan fingerprint density at radius 1 is 1.47 bits per heavy atom. The predicted octanol–water partition coefficient (Wildman–Crippen LogP) is 2.31. The Labute approximate surface area is 114 Å². The monoisotopic (exact) mass is 265 g/mol. The van der Waals surface area contributed by atoms with Gasteiger partial charge in [0.15, 0.2) is 0 Å². The maximum absolute atomic E-state index is 9.95. The third-order valence-electron chi connectivity index (χ3n) is 3.75. The molecule has 4 heteroatoms. The minimum atomic E-state index is -0.642. The first-order chi connectivity index (χ1) is 9.11. The number of benzene rings is 1. The van der Waals surface area contributed by atoms with Crippen LogP contribution in [0.3, 0.4) is 0 Å². The quantitative estimate of drug-likeness (QED) is 0.877. The first-order valence-electron chi connectivity index (χ1n) is 6.86. The topological polar surface area (TPSA) is 52.9 Å². The summed E-state index contributed by atoms with van der Waals surface area (Å²) in [4.78, 5) is 2.28. The molecule has 0 radical (unpaired) electrons. The molecule has 2 N–H and O–H groups in total. The minimum Gasteiger partial charge on any atom is -0.507 e. The van der Waals surface area contributed by atoms with Crippen LogP contribution in [0, 0.1) is 5.92 Å². The van der Waals surface area contributed by atoms with E-state index in [0.29, 0.717) is 11.5 Å².